The van der Waals surface area contributed by atoms with E-state index in [1.807, 2.05) is 29.7 Å². The lowest BCUT2D eigenvalue weighted by molar-refractivity contribution is -0.127. The van der Waals surface area contributed by atoms with Crippen molar-refractivity contribution in [2.45, 2.75) is 38.7 Å². The Morgan fingerprint density at radius 3 is 2.53 bits per heavy atom. The summed E-state index contributed by atoms with van der Waals surface area (Å²) < 4.78 is 7.21. The molecule has 176 valence electrons. The van der Waals surface area contributed by atoms with E-state index in [-0.39, 0.29) is 12.2 Å². The van der Waals surface area contributed by atoms with Gasteiger partial charge in [-0.05, 0) is 68.8 Å². The topological polar surface area (TPSA) is 114 Å². The third kappa shape index (κ3) is 4.72. The van der Waals surface area contributed by atoms with Crippen LogP contribution in [0.4, 0.5) is 0 Å². The van der Waals surface area contributed by atoms with Crippen molar-refractivity contribution in [2.75, 3.05) is 26.7 Å². The lowest BCUT2D eigenvalue weighted by Gasteiger charge is -2.25. The molecule has 1 aromatic carbocycles. The minimum absolute atomic E-state index is 0.0453. The summed E-state index contributed by atoms with van der Waals surface area (Å²) in [4.78, 5) is 32.0. The number of amides is 1. The lowest BCUT2D eigenvalue weighted by Crippen LogP contribution is -2.34. The summed E-state index contributed by atoms with van der Waals surface area (Å²) >= 11 is 0. The Morgan fingerprint density at radius 2 is 1.91 bits per heavy atom. The zero-order valence-electron chi connectivity index (χ0n) is 19.6. The molecule has 34 heavy (non-hydrogen) atoms. The minimum atomic E-state index is -0.765. The third-order valence-electron chi connectivity index (χ3n) is 6.47. The molecule has 0 saturated carbocycles. The van der Waals surface area contributed by atoms with Crippen LogP contribution in [0.15, 0.2) is 36.5 Å². The van der Waals surface area contributed by atoms with Crippen molar-refractivity contribution in [2.24, 2.45) is 5.73 Å². The van der Waals surface area contributed by atoms with Gasteiger partial charge in [0.25, 0.3) is 0 Å². The van der Waals surface area contributed by atoms with Crippen LogP contribution in [0, 0.1) is 18.3 Å². The second kappa shape index (κ2) is 10.2. The first-order valence-corrected chi connectivity index (χ1v) is 11.5. The van der Waals surface area contributed by atoms with Crippen LogP contribution in [0.2, 0.25) is 0 Å². The molecule has 3 aromatic rings. The van der Waals surface area contributed by atoms with Crippen LogP contribution in [0.25, 0.3) is 16.7 Å². The highest BCUT2D eigenvalue weighted by molar-refractivity contribution is 6.09. The van der Waals surface area contributed by atoms with E-state index in [1.165, 1.54) is 13.5 Å². The van der Waals surface area contributed by atoms with Crippen LogP contribution in [0.1, 0.15) is 46.4 Å². The number of methoxy groups -OCH3 is 1. The molecule has 1 atom stereocenters. The predicted octanol–water partition coefficient (Wildman–Crippen LogP) is 2.92. The van der Waals surface area contributed by atoms with Crippen LogP contribution < -0.4 is 5.73 Å². The number of Topliss-reactive ketones (excluding diaryl/α,β-unsaturated/α-hetero) is 1. The van der Waals surface area contributed by atoms with Gasteiger partial charge in [0.15, 0.2) is 5.78 Å². The summed E-state index contributed by atoms with van der Waals surface area (Å²) in [7, 11) is 1.45. The number of hydrogen-bond donors (Lipinski definition) is 1. The number of piperidine rings is 1. The predicted molar refractivity (Wildman–Crippen MR) is 129 cm³/mol. The number of ketones is 1. The molecule has 1 aliphatic rings. The fourth-order valence-corrected chi connectivity index (χ4v) is 4.70. The minimum Gasteiger partial charge on any atom is -0.371 e. The van der Waals surface area contributed by atoms with Crippen molar-refractivity contribution in [3.05, 3.63) is 58.9 Å². The van der Waals surface area contributed by atoms with E-state index in [9.17, 15) is 14.9 Å². The molecule has 2 N–H and O–H groups in total. The first-order chi connectivity index (χ1) is 16.4. The SMILES string of the molecule is COC(Cc1cnc2c(C(=O)CN3CCCCC3)c(C)n(-c3ccc(C#N)cc3)c2c1)C(N)=O. The number of benzene rings is 1. The van der Waals surface area contributed by atoms with E-state index in [0.717, 1.165) is 48.4 Å². The maximum atomic E-state index is 13.5. The number of aromatic nitrogens is 2. The molecule has 4 rings (SSSR count). The molecule has 2 aromatic heterocycles. The van der Waals surface area contributed by atoms with Gasteiger partial charge in [0.1, 0.15) is 6.10 Å². The van der Waals surface area contributed by atoms with E-state index in [2.05, 4.69) is 16.0 Å². The van der Waals surface area contributed by atoms with E-state index in [4.69, 9.17) is 10.5 Å². The van der Waals surface area contributed by atoms with E-state index >= 15 is 0 Å². The molecule has 1 fully saturated rings. The van der Waals surface area contributed by atoms with Crippen molar-refractivity contribution in [1.29, 1.82) is 5.26 Å². The molecular formula is C26H29N5O3. The van der Waals surface area contributed by atoms with Gasteiger partial charge in [0, 0.05) is 31.1 Å². The highest BCUT2D eigenvalue weighted by Gasteiger charge is 2.25. The van der Waals surface area contributed by atoms with Crippen molar-refractivity contribution in [1.82, 2.24) is 14.5 Å². The Labute approximate surface area is 198 Å². The number of carbonyl (C=O) groups is 2. The van der Waals surface area contributed by atoms with Crippen molar-refractivity contribution in [3.63, 3.8) is 0 Å². The molecule has 0 radical (unpaired) electrons. The molecule has 1 aliphatic heterocycles. The van der Waals surface area contributed by atoms with Crippen molar-refractivity contribution in [3.8, 4) is 11.8 Å². The monoisotopic (exact) mass is 459 g/mol. The fraction of sp³-hybridized carbons (Fsp3) is 0.385. The first-order valence-electron chi connectivity index (χ1n) is 11.5. The summed E-state index contributed by atoms with van der Waals surface area (Å²) in [6.45, 7) is 4.15. The molecule has 0 aliphatic carbocycles. The van der Waals surface area contributed by atoms with E-state index in [0.29, 0.717) is 23.2 Å². The van der Waals surface area contributed by atoms with Gasteiger partial charge in [0.05, 0.1) is 34.8 Å². The second-order valence-corrected chi connectivity index (χ2v) is 8.76. The van der Waals surface area contributed by atoms with Gasteiger partial charge >= 0.3 is 0 Å². The Morgan fingerprint density at radius 1 is 1.21 bits per heavy atom. The van der Waals surface area contributed by atoms with Crippen LogP contribution in [-0.4, -0.2) is 59.0 Å². The lowest BCUT2D eigenvalue weighted by atomic mass is 10.1. The van der Waals surface area contributed by atoms with Gasteiger partial charge in [-0.2, -0.15) is 5.26 Å². The summed E-state index contributed by atoms with van der Waals surface area (Å²) in [6, 6.07) is 11.3. The normalized spacial score (nSPS) is 15.2. The van der Waals surface area contributed by atoms with Gasteiger partial charge in [-0.3, -0.25) is 19.5 Å². The number of nitrogens with two attached hydrogens (primary N) is 1. The number of primary amides is 1. The second-order valence-electron chi connectivity index (χ2n) is 8.76. The van der Waals surface area contributed by atoms with Gasteiger partial charge in [0.2, 0.25) is 5.91 Å². The first kappa shape index (κ1) is 23.6. The number of likely N-dealkylation sites (tertiary alicyclic amines) is 1. The molecule has 8 nitrogen and oxygen atoms in total. The highest BCUT2D eigenvalue weighted by Crippen LogP contribution is 2.30. The van der Waals surface area contributed by atoms with Crippen molar-refractivity contribution >= 4 is 22.7 Å². The number of hydrogen-bond acceptors (Lipinski definition) is 6. The largest absolute Gasteiger partial charge is 0.371 e. The average Bonchev–Trinajstić information content (AvgIpc) is 3.14. The summed E-state index contributed by atoms with van der Waals surface area (Å²) in [5.74, 6) is -0.498. The number of fused-ring (bicyclic) bond motifs is 1. The quantitative estimate of drug-likeness (QED) is 0.518. The Kier molecular flexibility index (Phi) is 7.06. The Hall–Kier alpha value is -3.54. The van der Waals surface area contributed by atoms with Crippen LogP contribution in [-0.2, 0) is 16.0 Å². The Bertz CT molecular complexity index is 1250. The van der Waals surface area contributed by atoms with Crippen LogP contribution in [0.3, 0.4) is 0 Å². The molecule has 8 heteroatoms. The number of pyridine rings is 1. The summed E-state index contributed by atoms with van der Waals surface area (Å²) in [5, 5.41) is 9.18. The molecular weight excluding hydrogens is 430 g/mol. The number of carbonyl (C=O) groups excluding carboxylic acids is 2. The summed E-state index contributed by atoms with van der Waals surface area (Å²) in [6.07, 6.45) is 4.63. The maximum absolute atomic E-state index is 13.5. The summed E-state index contributed by atoms with van der Waals surface area (Å²) in [5.41, 5.74) is 10.4. The molecule has 1 saturated heterocycles. The van der Waals surface area contributed by atoms with Gasteiger partial charge in [-0.15, -0.1) is 0 Å². The van der Waals surface area contributed by atoms with E-state index < -0.39 is 12.0 Å². The van der Waals surface area contributed by atoms with Gasteiger partial charge in [-0.25, -0.2) is 0 Å². The average molecular weight is 460 g/mol. The van der Waals surface area contributed by atoms with E-state index in [1.54, 1.807) is 18.3 Å². The third-order valence-corrected chi connectivity index (χ3v) is 6.47. The zero-order valence-corrected chi connectivity index (χ0v) is 19.6. The number of nitrogens with zero attached hydrogens (tertiary/aromatic N) is 4. The number of nitriles is 1. The standard InChI is InChI=1S/C26H29N5O3/c1-17-24(22(32)16-30-10-4-3-5-11-30)25-21(31(17)20-8-6-18(14-27)7-9-20)12-19(15-29-25)13-23(34-2)26(28)33/h6-9,12,15,23H,3-5,10-11,13,16H2,1-2H3,(H2,28,33). The number of rotatable bonds is 8. The molecule has 1 amide bonds. The van der Waals surface area contributed by atoms with Crippen LogP contribution in [0.5, 0.6) is 0 Å². The highest BCUT2D eigenvalue weighted by atomic mass is 16.5. The molecule has 1 unspecified atom stereocenters. The number of ether oxygens (including phenoxy) is 1. The smallest absolute Gasteiger partial charge is 0.246 e. The van der Waals surface area contributed by atoms with Gasteiger partial charge in [-0.1, -0.05) is 6.42 Å². The fourth-order valence-electron chi connectivity index (χ4n) is 4.70. The molecule has 0 bridgehead atoms. The Balaban J connectivity index is 1.81. The maximum Gasteiger partial charge on any atom is 0.246 e. The van der Waals surface area contributed by atoms with Gasteiger partial charge < -0.3 is 15.0 Å². The zero-order chi connectivity index (χ0) is 24.2. The molecule has 3 heterocycles. The van der Waals surface area contributed by atoms with Crippen LogP contribution >= 0.6 is 0 Å². The van der Waals surface area contributed by atoms with Crippen molar-refractivity contribution < 1.29 is 14.3 Å². The molecule has 0 spiro atoms.